The Kier molecular flexibility index (Phi) is 3.77. The summed E-state index contributed by atoms with van der Waals surface area (Å²) in [5, 5.41) is 3.17. The number of nitrogens with one attached hydrogen (secondary N) is 2. The summed E-state index contributed by atoms with van der Waals surface area (Å²) in [5.41, 5.74) is 6.68. The van der Waals surface area contributed by atoms with Gasteiger partial charge < -0.3 is 11.1 Å². The maximum atomic E-state index is 12.3. The Morgan fingerprint density at radius 2 is 2.21 bits per heavy atom. The highest BCUT2D eigenvalue weighted by atomic mass is 32.2. The van der Waals surface area contributed by atoms with E-state index < -0.39 is 22.0 Å². The van der Waals surface area contributed by atoms with Crippen LogP contribution < -0.4 is 15.8 Å². The minimum Gasteiger partial charge on any atom is -0.385 e. The lowest BCUT2D eigenvalue weighted by atomic mass is 10.0. The van der Waals surface area contributed by atoms with E-state index in [1.165, 1.54) is 6.92 Å². The minimum atomic E-state index is -3.74. The molecule has 1 heterocycles. The molecule has 2 rings (SSSR count). The molecular weight excluding hydrogens is 266 g/mol. The van der Waals surface area contributed by atoms with Crippen LogP contribution in [0.15, 0.2) is 23.1 Å². The quantitative estimate of drug-likeness (QED) is 0.734. The third kappa shape index (κ3) is 2.87. The lowest BCUT2D eigenvalue weighted by Crippen LogP contribution is -2.42. The van der Waals surface area contributed by atoms with Gasteiger partial charge in [0.2, 0.25) is 15.9 Å². The second-order valence-electron chi connectivity index (χ2n) is 4.56. The van der Waals surface area contributed by atoms with Crippen molar-refractivity contribution in [2.45, 2.75) is 30.7 Å². The first-order valence-electron chi connectivity index (χ1n) is 6.09. The summed E-state index contributed by atoms with van der Waals surface area (Å²) in [5.74, 6) is -0.702. The fraction of sp³-hybridized carbons (Fsp3) is 0.417. The van der Waals surface area contributed by atoms with E-state index in [1.54, 1.807) is 12.1 Å². The average molecular weight is 283 g/mol. The molecule has 6 nitrogen and oxygen atoms in total. The van der Waals surface area contributed by atoms with Crippen molar-refractivity contribution in [3.8, 4) is 0 Å². The minimum absolute atomic E-state index is 0.213. The number of hydrogen-bond acceptors (Lipinski definition) is 4. The molecule has 0 spiro atoms. The van der Waals surface area contributed by atoms with Gasteiger partial charge in [0.25, 0.3) is 0 Å². The van der Waals surface area contributed by atoms with Crippen molar-refractivity contribution in [1.29, 1.82) is 0 Å². The second kappa shape index (κ2) is 5.18. The normalized spacial score (nSPS) is 16.3. The van der Waals surface area contributed by atoms with Gasteiger partial charge in [-0.1, -0.05) is 6.07 Å². The molecule has 0 radical (unpaired) electrons. The fourth-order valence-electron chi connectivity index (χ4n) is 2.08. The molecule has 19 heavy (non-hydrogen) atoms. The highest BCUT2D eigenvalue weighted by molar-refractivity contribution is 7.89. The fourth-order valence-corrected chi connectivity index (χ4v) is 3.59. The first-order chi connectivity index (χ1) is 8.92. The van der Waals surface area contributed by atoms with E-state index in [0.29, 0.717) is 6.42 Å². The summed E-state index contributed by atoms with van der Waals surface area (Å²) in [6.45, 7) is 2.26. The smallest absolute Gasteiger partial charge is 0.241 e. The number of anilines is 1. The van der Waals surface area contributed by atoms with Crippen LogP contribution in [0.4, 0.5) is 5.69 Å². The molecule has 0 fully saturated rings. The second-order valence-corrected chi connectivity index (χ2v) is 6.24. The molecule has 1 amide bonds. The number of sulfonamides is 1. The summed E-state index contributed by atoms with van der Waals surface area (Å²) in [4.78, 5) is 11.2. The zero-order chi connectivity index (χ0) is 14.0. The molecule has 1 aliphatic rings. The standard InChI is InChI=1S/C12H17N3O3S/c1-8(12(13)16)15-19(17,18)11-6-2-5-10-9(11)4-3-7-14-10/h2,5-6,8,14-15H,3-4,7H2,1H3,(H2,13,16). The molecule has 4 N–H and O–H groups in total. The van der Waals surface area contributed by atoms with Gasteiger partial charge in [0.15, 0.2) is 0 Å². The lowest BCUT2D eigenvalue weighted by Gasteiger charge is -2.21. The summed E-state index contributed by atoms with van der Waals surface area (Å²) in [7, 11) is -3.74. The molecule has 1 aromatic rings. The number of hydrogen-bond donors (Lipinski definition) is 3. The van der Waals surface area contributed by atoms with Gasteiger partial charge in [-0.2, -0.15) is 4.72 Å². The number of primary amides is 1. The Hall–Kier alpha value is -1.60. The lowest BCUT2D eigenvalue weighted by molar-refractivity contribution is -0.119. The van der Waals surface area contributed by atoms with Gasteiger partial charge in [0.1, 0.15) is 0 Å². The van der Waals surface area contributed by atoms with Crippen LogP contribution in [0.5, 0.6) is 0 Å². The summed E-state index contributed by atoms with van der Waals surface area (Å²) < 4.78 is 26.8. The summed E-state index contributed by atoms with van der Waals surface area (Å²) in [6.07, 6.45) is 1.58. The van der Waals surface area contributed by atoms with Crippen LogP contribution in [0.1, 0.15) is 18.9 Å². The maximum absolute atomic E-state index is 12.3. The number of benzene rings is 1. The van der Waals surface area contributed by atoms with Crippen LogP contribution in [0, 0.1) is 0 Å². The third-order valence-electron chi connectivity index (χ3n) is 3.10. The molecule has 1 aliphatic heterocycles. The topological polar surface area (TPSA) is 101 Å². The first-order valence-corrected chi connectivity index (χ1v) is 7.57. The molecule has 7 heteroatoms. The van der Waals surface area contributed by atoms with Crippen LogP contribution in [0.2, 0.25) is 0 Å². The third-order valence-corrected chi connectivity index (χ3v) is 4.73. The van der Waals surface area contributed by atoms with Crippen LogP contribution >= 0.6 is 0 Å². The van der Waals surface area contributed by atoms with Crippen molar-refractivity contribution in [2.24, 2.45) is 5.73 Å². The number of rotatable bonds is 4. The molecule has 0 bridgehead atoms. The van der Waals surface area contributed by atoms with E-state index in [0.717, 1.165) is 24.2 Å². The van der Waals surface area contributed by atoms with Crippen molar-refractivity contribution in [3.05, 3.63) is 23.8 Å². The Labute approximate surface area is 112 Å². The highest BCUT2D eigenvalue weighted by Crippen LogP contribution is 2.28. The van der Waals surface area contributed by atoms with Gasteiger partial charge in [0.05, 0.1) is 10.9 Å². The van der Waals surface area contributed by atoms with Gasteiger partial charge in [-0.15, -0.1) is 0 Å². The molecule has 0 aromatic heterocycles. The predicted molar refractivity (Wildman–Crippen MR) is 72.2 cm³/mol. The summed E-state index contributed by atoms with van der Waals surface area (Å²) in [6, 6.07) is 4.14. The van der Waals surface area contributed by atoms with Gasteiger partial charge in [-0.05, 0) is 37.5 Å². The number of fused-ring (bicyclic) bond motifs is 1. The molecule has 1 aromatic carbocycles. The Balaban J connectivity index is 2.38. The number of amides is 1. The van der Waals surface area contributed by atoms with Crippen LogP contribution in [0.3, 0.4) is 0 Å². The Bertz CT molecular complexity index is 598. The average Bonchev–Trinajstić information content (AvgIpc) is 2.37. The van der Waals surface area contributed by atoms with E-state index >= 15 is 0 Å². The monoisotopic (exact) mass is 283 g/mol. The predicted octanol–water partition coefficient (Wildman–Crippen LogP) is 0.197. The van der Waals surface area contributed by atoms with E-state index in [1.807, 2.05) is 6.07 Å². The largest absolute Gasteiger partial charge is 0.385 e. The zero-order valence-electron chi connectivity index (χ0n) is 10.6. The Morgan fingerprint density at radius 1 is 1.47 bits per heavy atom. The van der Waals surface area contributed by atoms with Crippen molar-refractivity contribution >= 4 is 21.6 Å². The molecule has 104 valence electrons. The SMILES string of the molecule is CC(NS(=O)(=O)c1cccc2c1CCCN2)C(N)=O. The van der Waals surface area contributed by atoms with Crippen LogP contribution in [-0.2, 0) is 21.2 Å². The molecule has 0 saturated heterocycles. The van der Waals surface area contributed by atoms with E-state index in [4.69, 9.17) is 5.73 Å². The van der Waals surface area contributed by atoms with Crippen molar-refractivity contribution in [2.75, 3.05) is 11.9 Å². The van der Waals surface area contributed by atoms with Gasteiger partial charge in [-0.3, -0.25) is 4.79 Å². The Morgan fingerprint density at radius 3 is 2.89 bits per heavy atom. The van der Waals surface area contributed by atoms with Gasteiger partial charge >= 0.3 is 0 Å². The van der Waals surface area contributed by atoms with E-state index in [2.05, 4.69) is 10.0 Å². The number of nitrogens with two attached hydrogens (primary N) is 1. The van der Waals surface area contributed by atoms with Crippen molar-refractivity contribution in [1.82, 2.24) is 4.72 Å². The van der Waals surface area contributed by atoms with Gasteiger partial charge in [-0.25, -0.2) is 8.42 Å². The molecule has 0 aliphatic carbocycles. The van der Waals surface area contributed by atoms with Crippen LogP contribution in [-0.4, -0.2) is 26.9 Å². The van der Waals surface area contributed by atoms with Gasteiger partial charge in [0, 0.05) is 12.2 Å². The highest BCUT2D eigenvalue weighted by Gasteiger charge is 2.25. The van der Waals surface area contributed by atoms with Crippen molar-refractivity contribution in [3.63, 3.8) is 0 Å². The molecular formula is C12H17N3O3S. The first kappa shape index (κ1) is 13.8. The summed E-state index contributed by atoms with van der Waals surface area (Å²) >= 11 is 0. The van der Waals surface area contributed by atoms with Crippen molar-refractivity contribution < 1.29 is 13.2 Å². The number of carbonyl (C=O) groups excluding carboxylic acids is 1. The molecule has 0 saturated carbocycles. The zero-order valence-corrected chi connectivity index (χ0v) is 11.5. The maximum Gasteiger partial charge on any atom is 0.241 e. The van der Waals surface area contributed by atoms with E-state index in [-0.39, 0.29) is 4.90 Å². The van der Waals surface area contributed by atoms with E-state index in [9.17, 15) is 13.2 Å². The van der Waals surface area contributed by atoms with Crippen LogP contribution in [0.25, 0.3) is 0 Å². The number of carbonyl (C=O) groups is 1. The molecule has 1 unspecified atom stereocenters. The molecule has 1 atom stereocenters.